The fourth-order valence-corrected chi connectivity index (χ4v) is 4.80. The van der Waals surface area contributed by atoms with E-state index in [-0.39, 0.29) is 34.2 Å². The first-order chi connectivity index (χ1) is 13.8. The van der Waals surface area contributed by atoms with Crippen LogP contribution in [0.4, 0.5) is 8.78 Å². The molecule has 1 saturated carbocycles. The molecule has 29 heavy (non-hydrogen) atoms. The fraction of sp³-hybridized carbons (Fsp3) is 0.435. The quantitative estimate of drug-likeness (QED) is 0.511. The minimum Gasteiger partial charge on any atom is -0.466 e. The number of halogens is 2. The van der Waals surface area contributed by atoms with Crippen LogP contribution >= 0.6 is 0 Å². The topological polar surface area (TPSA) is 52.3 Å². The van der Waals surface area contributed by atoms with Gasteiger partial charge in [-0.25, -0.2) is 8.78 Å². The van der Waals surface area contributed by atoms with Crippen LogP contribution in [0, 0.1) is 32.4 Å². The van der Waals surface area contributed by atoms with Crippen molar-refractivity contribution in [3.63, 3.8) is 0 Å². The van der Waals surface area contributed by atoms with Crippen molar-refractivity contribution in [3.8, 4) is 11.1 Å². The van der Waals surface area contributed by atoms with Crippen molar-refractivity contribution < 1.29 is 18.3 Å². The Balaban J connectivity index is 2.20. The van der Waals surface area contributed by atoms with Crippen molar-refractivity contribution in [1.82, 2.24) is 0 Å². The Kier molecular flexibility index (Phi) is 6.54. The molecule has 0 heterocycles. The Morgan fingerprint density at radius 1 is 1.17 bits per heavy atom. The Labute approximate surface area is 173 Å². The molecule has 0 unspecified atom stereocenters. The maximum atomic E-state index is 15.8. The van der Waals surface area contributed by atoms with Crippen LogP contribution in [0.1, 0.15) is 65.5 Å². The number of aryl methyl sites for hydroxylation is 3. The van der Waals surface area contributed by atoms with Crippen LogP contribution in [-0.4, -0.2) is 22.3 Å². The Morgan fingerprint density at radius 2 is 1.79 bits per heavy atom. The van der Waals surface area contributed by atoms with E-state index in [0.29, 0.717) is 11.1 Å². The Morgan fingerprint density at radius 3 is 2.31 bits per heavy atom. The van der Waals surface area contributed by atoms with E-state index in [1.54, 1.807) is 13.0 Å². The highest BCUT2D eigenvalue weighted by Gasteiger charge is 2.34. The van der Waals surface area contributed by atoms with Gasteiger partial charge in [0.25, 0.3) is 0 Å². The highest BCUT2D eigenvalue weighted by atomic mass is 28.2. The van der Waals surface area contributed by atoms with E-state index in [1.807, 2.05) is 32.9 Å². The SMILES string of the molecule is CCOC(=O)C[C@H]([Si]N)c1c(F)c(-c2c(C)cc(C)cc2C)cc(C2CC2)c1F. The van der Waals surface area contributed by atoms with Crippen LogP contribution in [0.15, 0.2) is 18.2 Å². The maximum absolute atomic E-state index is 15.8. The molecule has 1 aliphatic rings. The highest BCUT2D eigenvalue weighted by Crippen LogP contribution is 2.46. The minimum atomic E-state index is -0.738. The summed E-state index contributed by atoms with van der Waals surface area (Å²) >= 11 is 0. The monoisotopic (exact) mass is 415 g/mol. The van der Waals surface area contributed by atoms with Crippen molar-refractivity contribution in [2.75, 3.05) is 6.61 Å². The van der Waals surface area contributed by atoms with Crippen molar-refractivity contribution in [3.05, 3.63) is 57.7 Å². The smallest absolute Gasteiger partial charge is 0.306 e. The molecule has 0 aromatic heterocycles. The van der Waals surface area contributed by atoms with E-state index < -0.39 is 23.1 Å². The van der Waals surface area contributed by atoms with Crippen LogP contribution < -0.4 is 5.40 Å². The van der Waals surface area contributed by atoms with Gasteiger partial charge in [-0.15, -0.1) is 0 Å². The third kappa shape index (κ3) is 4.43. The second-order valence-electron chi connectivity index (χ2n) is 7.83. The Bertz CT molecular complexity index is 918. The molecule has 6 heteroatoms. The number of carbonyl (C=O) groups excluding carboxylic acids is 1. The molecule has 0 aliphatic heterocycles. The summed E-state index contributed by atoms with van der Waals surface area (Å²) in [6.45, 7) is 7.80. The minimum absolute atomic E-state index is 0.0716. The van der Waals surface area contributed by atoms with Crippen molar-refractivity contribution >= 4 is 15.7 Å². The third-order valence-corrected chi connectivity index (χ3v) is 6.35. The zero-order valence-corrected chi connectivity index (χ0v) is 18.4. The number of benzene rings is 2. The normalized spacial score (nSPS) is 14.7. The lowest BCUT2D eigenvalue weighted by molar-refractivity contribution is -0.143. The van der Waals surface area contributed by atoms with Crippen LogP contribution in [0.5, 0.6) is 0 Å². The lowest BCUT2D eigenvalue weighted by Crippen LogP contribution is -2.24. The summed E-state index contributed by atoms with van der Waals surface area (Å²) in [6.07, 6.45) is 1.65. The van der Waals surface area contributed by atoms with Gasteiger partial charge < -0.3 is 10.1 Å². The summed E-state index contributed by atoms with van der Waals surface area (Å²) in [4.78, 5) is 12.0. The van der Waals surface area contributed by atoms with Crippen molar-refractivity contribution in [1.29, 1.82) is 0 Å². The number of carbonyl (C=O) groups is 1. The molecule has 2 radical (unpaired) electrons. The van der Waals surface area contributed by atoms with Gasteiger partial charge in [-0.2, -0.15) is 0 Å². The number of hydrogen-bond donors (Lipinski definition) is 1. The van der Waals surface area contributed by atoms with Crippen molar-refractivity contribution in [2.24, 2.45) is 5.40 Å². The second kappa shape index (κ2) is 8.75. The molecule has 0 amide bonds. The van der Waals surface area contributed by atoms with Gasteiger partial charge in [-0.3, -0.25) is 4.79 Å². The summed E-state index contributed by atoms with van der Waals surface area (Å²) in [7, 11) is -0.308. The van der Waals surface area contributed by atoms with Gasteiger partial charge >= 0.3 is 5.97 Å². The second-order valence-corrected chi connectivity index (χ2v) is 8.86. The zero-order chi connectivity index (χ0) is 21.3. The molecule has 3 nitrogen and oxygen atoms in total. The molecule has 0 spiro atoms. The Hall–Kier alpha value is -2.05. The third-order valence-electron chi connectivity index (χ3n) is 5.45. The molecule has 1 atom stereocenters. The van der Waals surface area contributed by atoms with Gasteiger partial charge in [-0.05, 0) is 74.8 Å². The predicted molar refractivity (Wildman–Crippen MR) is 112 cm³/mol. The van der Waals surface area contributed by atoms with Crippen LogP contribution in [0.2, 0.25) is 0 Å². The van der Waals surface area contributed by atoms with Crippen LogP contribution in [0.3, 0.4) is 0 Å². The van der Waals surface area contributed by atoms with Gasteiger partial charge in [0.2, 0.25) is 0 Å². The van der Waals surface area contributed by atoms with E-state index in [4.69, 9.17) is 10.1 Å². The lowest BCUT2D eigenvalue weighted by Gasteiger charge is -2.21. The lowest BCUT2D eigenvalue weighted by atomic mass is 9.89. The average Bonchev–Trinajstić information content (AvgIpc) is 3.47. The fourth-order valence-electron chi connectivity index (χ4n) is 4.09. The van der Waals surface area contributed by atoms with E-state index in [2.05, 4.69) is 0 Å². The molecule has 3 rings (SSSR count). The molecule has 0 saturated heterocycles. The standard InChI is InChI=1S/C23H27F2NO2Si/c1-5-28-19(27)11-18(29-26)21-22(24)16(15-6-7-15)10-17(23(21)25)20-13(3)8-12(2)9-14(20)4/h8-10,15,18H,5-7,11,26H2,1-4H3/t18-/m0/s1. The van der Waals surface area contributed by atoms with E-state index in [1.165, 1.54) is 0 Å². The summed E-state index contributed by atoms with van der Waals surface area (Å²) < 4.78 is 36.2. The molecular weight excluding hydrogens is 388 g/mol. The van der Waals surface area contributed by atoms with Gasteiger partial charge in [0.1, 0.15) is 21.3 Å². The van der Waals surface area contributed by atoms with E-state index >= 15 is 8.78 Å². The predicted octanol–water partition coefficient (Wildman–Crippen LogP) is 5.01. The molecule has 0 bridgehead atoms. The molecule has 1 aliphatic carbocycles. The summed E-state index contributed by atoms with van der Waals surface area (Å²) in [5, 5.41) is 5.88. The maximum Gasteiger partial charge on any atom is 0.306 e. The van der Waals surface area contributed by atoms with Gasteiger partial charge in [-0.1, -0.05) is 17.7 Å². The number of esters is 1. The summed E-state index contributed by atoms with van der Waals surface area (Å²) in [6, 6.07) is 5.67. The zero-order valence-electron chi connectivity index (χ0n) is 17.4. The number of nitrogens with two attached hydrogens (primary N) is 1. The van der Waals surface area contributed by atoms with Gasteiger partial charge in [0.15, 0.2) is 0 Å². The number of hydrogen-bond acceptors (Lipinski definition) is 3. The van der Waals surface area contributed by atoms with Crippen molar-refractivity contribution in [2.45, 2.75) is 58.4 Å². The largest absolute Gasteiger partial charge is 0.466 e. The molecule has 2 N–H and O–H groups in total. The molecule has 2 aromatic carbocycles. The summed E-state index contributed by atoms with van der Waals surface area (Å²) in [5.41, 5.74) is 3.88. The van der Waals surface area contributed by atoms with Crippen LogP contribution in [0.25, 0.3) is 11.1 Å². The molecule has 1 fully saturated rings. The van der Waals surface area contributed by atoms with E-state index in [0.717, 1.165) is 35.1 Å². The average molecular weight is 416 g/mol. The first kappa shape index (κ1) is 21.7. The molecule has 154 valence electrons. The van der Waals surface area contributed by atoms with Gasteiger partial charge in [0, 0.05) is 16.7 Å². The summed E-state index contributed by atoms with van der Waals surface area (Å²) in [5.74, 6) is -1.56. The number of ether oxygens (including phenoxy) is 1. The highest BCUT2D eigenvalue weighted by molar-refractivity contribution is 6.34. The van der Waals surface area contributed by atoms with Crippen LogP contribution in [-0.2, 0) is 9.53 Å². The van der Waals surface area contributed by atoms with E-state index in [9.17, 15) is 4.79 Å². The van der Waals surface area contributed by atoms with Gasteiger partial charge in [0.05, 0.1) is 13.0 Å². The first-order valence-corrected chi connectivity index (χ1v) is 11.2. The number of rotatable bonds is 7. The molecular formula is C23H27F2NO2Si. The molecule has 2 aromatic rings. The first-order valence-electron chi connectivity index (χ1n) is 10.00.